The summed E-state index contributed by atoms with van der Waals surface area (Å²) in [5.74, 6) is 0.671. The van der Waals surface area contributed by atoms with E-state index in [0.717, 1.165) is 89.2 Å². The lowest BCUT2D eigenvalue weighted by atomic mass is 9.96. The molecule has 0 unspecified atom stereocenters. The molecule has 9 aromatic rings. The van der Waals surface area contributed by atoms with Gasteiger partial charge < -0.3 is 0 Å². The van der Waals surface area contributed by atoms with Crippen LogP contribution in [0, 0.1) is 6.92 Å². The third-order valence-electron chi connectivity index (χ3n) is 9.24. The van der Waals surface area contributed by atoms with E-state index in [1.807, 2.05) is 67.6 Å². The highest BCUT2D eigenvalue weighted by Crippen LogP contribution is 2.36. The predicted octanol–water partition coefficient (Wildman–Crippen LogP) is 11.3. The van der Waals surface area contributed by atoms with E-state index in [9.17, 15) is 0 Å². The molecule has 0 bridgehead atoms. The number of hydrogen-bond donors (Lipinski definition) is 0. The summed E-state index contributed by atoms with van der Waals surface area (Å²) in [4.78, 5) is 24.5. The fourth-order valence-corrected chi connectivity index (χ4v) is 6.60. The highest BCUT2D eigenvalue weighted by atomic mass is 14.9. The first kappa shape index (κ1) is 30.2. The zero-order valence-corrected chi connectivity index (χ0v) is 27.9. The van der Waals surface area contributed by atoms with Crippen LogP contribution in [-0.2, 0) is 0 Å². The zero-order chi connectivity index (χ0) is 34.1. The molecule has 4 heterocycles. The van der Waals surface area contributed by atoms with Crippen molar-refractivity contribution in [3.63, 3.8) is 0 Å². The van der Waals surface area contributed by atoms with Crippen LogP contribution in [-0.4, -0.2) is 24.9 Å². The number of hydrogen-bond acceptors (Lipinski definition) is 5. The molecule has 5 aromatic carbocycles. The van der Waals surface area contributed by atoms with E-state index in [1.165, 1.54) is 0 Å². The smallest absolute Gasteiger partial charge is 0.160 e. The van der Waals surface area contributed by atoms with E-state index in [-0.39, 0.29) is 0 Å². The maximum Gasteiger partial charge on any atom is 0.160 e. The van der Waals surface area contributed by atoms with E-state index in [1.54, 1.807) is 6.20 Å². The Morgan fingerprint density at radius 2 is 0.961 bits per heavy atom. The van der Waals surface area contributed by atoms with Gasteiger partial charge in [0.2, 0.25) is 0 Å². The molecule has 0 aliphatic carbocycles. The molecule has 0 saturated carbocycles. The standard InChI is InChI=1S/C46H31N5/c1-30-15-16-36-25-26-38-39(33-10-4-2-5-11-33)28-41(49-45(38)44(36)48-30)34-21-17-31(18-22-34)32-19-23-35(24-20-32)42-29-43(40-14-8-9-27-47-40)51-46(50-42)37-12-6-3-7-13-37/h2-29H,1H3. The van der Waals surface area contributed by atoms with E-state index in [4.69, 9.17) is 19.9 Å². The molecule has 240 valence electrons. The Bertz CT molecular complexity index is 2600. The van der Waals surface area contributed by atoms with Gasteiger partial charge in [0.1, 0.15) is 0 Å². The monoisotopic (exact) mass is 653 g/mol. The lowest BCUT2D eigenvalue weighted by Crippen LogP contribution is -1.96. The normalized spacial score (nSPS) is 11.2. The van der Waals surface area contributed by atoms with Crippen molar-refractivity contribution < 1.29 is 0 Å². The number of pyridine rings is 3. The van der Waals surface area contributed by atoms with Gasteiger partial charge >= 0.3 is 0 Å². The van der Waals surface area contributed by atoms with Gasteiger partial charge in [-0.1, -0.05) is 133 Å². The predicted molar refractivity (Wildman–Crippen MR) is 208 cm³/mol. The molecule has 0 fully saturated rings. The van der Waals surface area contributed by atoms with Crippen molar-refractivity contribution >= 4 is 21.8 Å². The number of nitrogens with zero attached hydrogens (tertiary/aromatic N) is 5. The second-order valence-electron chi connectivity index (χ2n) is 12.6. The largest absolute Gasteiger partial charge is 0.255 e. The number of aryl methyl sites for hydroxylation is 1. The molecule has 0 aliphatic rings. The van der Waals surface area contributed by atoms with Crippen LogP contribution in [0.5, 0.6) is 0 Å². The van der Waals surface area contributed by atoms with Gasteiger partial charge in [-0.25, -0.2) is 15.0 Å². The first-order chi connectivity index (χ1) is 25.2. The first-order valence-corrected chi connectivity index (χ1v) is 17.0. The molecule has 4 aromatic heterocycles. The molecule has 9 rings (SSSR count). The summed E-state index contributed by atoms with van der Waals surface area (Å²) < 4.78 is 0. The molecule has 0 amide bonds. The summed E-state index contributed by atoms with van der Waals surface area (Å²) >= 11 is 0. The van der Waals surface area contributed by atoms with Gasteiger partial charge in [-0.15, -0.1) is 0 Å². The molecule has 0 saturated heterocycles. The average molecular weight is 654 g/mol. The van der Waals surface area contributed by atoms with Crippen LogP contribution in [0.2, 0.25) is 0 Å². The molecule has 0 radical (unpaired) electrons. The van der Waals surface area contributed by atoms with Crippen LogP contribution in [0.1, 0.15) is 5.69 Å². The van der Waals surface area contributed by atoms with Crippen molar-refractivity contribution in [3.05, 3.63) is 176 Å². The summed E-state index contributed by atoms with van der Waals surface area (Å²) in [5.41, 5.74) is 13.7. The lowest BCUT2D eigenvalue weighted by Gasteiger charge is -2.13. The summed E-state index contributed by atoms with van der Waals surface area (Å²) in [6.45, 7) is 2.03. The average Bonchev–Trinajstić information content (AvgIpc) is 3.21. The van der Waals surface area contributed by atoms with Crippen molar-refractivity contribution in [1.29, 1.82) is 0 Å². The Kier molecular flexibility index (Phi) is 7.63. The van der Waals surface area contributed by atoms with E-state index >= 15 is 0 Å². The van der Waals surface area contributed by atoms with Gasteiger partial charge in [-0.3, -0.25) is 9.97 Å². The fraction of sp³-hybridized carbons (Fsp3) is 0.0217. The van der Waals surface area contributed by atoms with Gasteiger partial charge in [-0.2, -0.15) is 0 Å². The highest BCUT2D eigenvalue weighted by molar-refractivity contribution is 6.09. The summed E-state index contributed by atoms with van der Waals surface area (Å²) in [5, 5.41) is 2.18. The van der Waals surface area contributed by atoms with Crippen LogP contribution in [0.25, 0.3) is 89.4 Å². The maximum atomic E-state index is 5.23. The van der Waals surface area contributed by atoms with Crippen LogP contribution < -0.4 is 0 Å². The number of rotatable bonds is 6. The second kappa shape index (κ2) is 12.9. The Morgan fingerprint density at radius 3 is 1.63 bits per heavy atom. The second-order valence-corrected chi connectivity index (χ2v) is 12.6. The molecule has 5 heteroatoms. The molecule has 5 nitrogen and oxygen atoms in total. The van der Waals surface area contributed by atoms with Crippen LogP contribution >= 0.6 is 0 Å². The molecule has 0 spiro atoms. The summed E-state index contributed by atoms with van der Waals surface area (Å²) in [6, 6.07) is 56.4. The van der Waals surface area contributed by atoms with Gasteiger partial charge in [0.05, 0.1) is 33.8 Å². The number of fused-ring (bicyclic) bond motifs is 3. The SMILES string of the molecule is Cc1ccc2ccc3c(-c4ccccc4)cc(-c4ccc(-c5ccc(-c6cc(-c7ccccn7)nc(-c7ccccc7)n6)cc5)cc4)nc3c2n1. The van der Waals surface area contributed by atoms with Gasteiger partial charge in [-0.05, 0) is 59.5 Å². The summed E-state index contributed by atoms with van der Waals surface area (Å²) in [6.07, 6.45) is 1.79. The summed E-state index contributed by atoms with van der Waals surface area (Å²) in [7, 11) is 0. The minimum atomic E-state index is 0.671. The Balaban J connectivity index is 1.07. The van der Waals surface area contributed by atoms with Crippen molar-refractivity contribution in [2.45, 2.75) is 6.92 Å². The molecule has 0 N–H and O–H groups in total. The van der Waals surface area contributed by atoms with Crippen LogP contribution in [0.4, 0.5) is 0 Å². The van der Waals surface area contributed by atoms with Crippen LogP contribution in [0.15, 0.2) is 170 Å². The highest BCUT2D eigenvalue weighted by Gasteiger charge is 2.15. The Labute approximate surface area is 296 Å². The van der Waals surface area contributed by atoms with Gasteiger partial charge in [0.15, 0.2) is 5.82 Å². The van der Waals surface area contributed by atoms with Gasteiger partial charge in [0, 0.05) is 39.4 Å². The maximum absolute atomic E-state index is 5.23. The molecular weight excluding hydrogens is 623 g/mol. The van der Waals surface area contributed by atoms with Crippen molar-refractivity contribution in [2.24, 2.45) is 0 Å². The number of benzene rings is 5. The number of aromatic nitrogens is 5. The van der Waals surface area contributed by atoms with Gasteiger partial charge in [0.25, 0.3) is 0 Å². The van der Waals surface area contributed by atoms with Crippen molar-refractivity contribution in [3.8, 4) is 67.5 Å². The van der Waals surface area contributed by atoms with Crippen LogP contribution in [0.3, 0.4) is 0 Å². The molecule has 0 atom stereocenters. The lowest BCUT2D eigenvalue weighted by molar-refractivity contribution is 1.16. The van der Waals surface area contributed by atoms with Crippen molar-refractivity contribution in [2.75, 3.05) is 0 Å². The molecule has 0 aliphatic heterocycles. The third kappa shape index (κ3) is 5.91. The Hall–Kier alpha value is -6.85. The third-order valence-corrected chi connectivity index (χ3v) is 9.24. The minimum Gasteiger partial charge on any atom is -0.255 e. The minimum absolute atomic E-state index is 0.671. The fourth-order valence-electron chi connectivity index (χ4n) is 6.60. The van der Waals surface area contributed by atoms with E-state index < -0.39 is 0 Å². The molecule has 51 heavy (non-hydrogen) atoms. The van der Waals surface area contributed by atoms with Crippen molar-refractivity contribution in [1.82, 2.24) is 24.9 Å². The first-order valence-electron chi connectivity index (χ1n) is 17.0. The topological polar surface area (TPSA) is 64.5 Å². The van der Waals surface area contributed by atoms with E-state index in [0.29, 0.717) is 5.82 Å². The zero-order valence-electron chi connectivity index (χ0n) is 27.9. The molecular formula is C46H31N5. The quantitative estimate of drug-likeness (QED) is 0.167. The van der Waals surface area contributed by atoms with E-state index in [2.05, 4.69) is 108 Å². The Morgan fingerprint density at radius 1 is 0.373 bits per heavy atom.